The molecule has 0 aliphatic heterocycles. The Morgan fingerprint density at radius 1 is 1.50 bits per heavy atom. The molecule has 0 bridgehead atoms. The largest absolute Gasteiger partial charge is 0.162 e. The van der Waals surface area contributed by atoms with E-state index < -0.39 is 0 Å². The van der Waals surface area contributed by atoms with E-state index in [2.05, 4.69) is 20.1 Å². The van der Waals surface area contributed by atoms with E-state index in [9.17, 15) is 0 Å². The average molecular weight is 181 g/mol. The van der Waals surface area contributed by atoms with E-state index in [1.54, 1.807) is 0 Å². The Kier molecular flexibility index (Phi) is 6.76. The standard InChI is InChI=1S/C8H17ClS/c1-4-5-8(10-3)6-7(2)9/h7-8H,4-6H2,1-3H3. The molecule has 0 aliphatic carbocycles. The van der Waals surface area contributed by atoms with Crippen molar-refractivity contribution in [3.8, 4) is 0 Å². The number of thioether (sulfide) groups is 1. The van der Waals surface area contributed by atoms with E-state index in [0.29, 0.717) is 5.38 Å². The minimum Gasteiger partial charge on any atom is -0.162 e. The Balaban J connectivity index is 3.39. The van der Waals surface area contributed by atoms with Crippen LogP contribution >= 0.6 is 23.4 Å². The molecule has 0 N–H and O–H groups in total. The summed E-state index contributed by atoms with van der Waals surface area (Å²) >= 11 is 7.81. The lowest BCUT2D eigenvalue weighted by atomic mass is 10.1. The SMILES string of the molecule is CCCC(CC(C)Cl)SC. The van der Waals surface area contributed by atoms with E-state index in [0.717, 1.165) is 11.7 Å². The summed E-state index contributed by atoms with van der Waals surface area (Å²) in [5, 5.41) is 1.11. The molecule has 2 atom stereocenters. The van der Waals surface area contributed by atoms with E-state index >= 15 is 0 Å². The molecule has 0 fully saturated rings. The predicted octanol–water partition coefficient (Wildman–Crippen LogP) is 3.54. The molecule has 2 heteroatoms. The molecule has 0 aromatic rings. The van der Waals surface area contributed by atoms with Crippen LogP contribution in [0.2, 0.25) is 0 Å². The van der Waals surface area contributed by atoms with Gasteiger partial charge in [0.15, 0.2) is 0 Å². The number of hydrogen-bond acceptors (Lipinski definition) is 1. The first-order valence-electron chi connectivity index (χ1n) is 3.87. The van der Waals surface area contributed by atoms with E-state index in [4.69, 9.17) is 11.6 Å². The van der Waals surface area contributed by atoms with E-state index in [-0.39, 0.29) is 0 Å². The first-order valence-corrected chi connectivity index (χ1v) is 5.60. The highest BCUT2D eigenvalue weighted by atomic mass is 35.5. The second-order valence-electron chi connectivity index (χ2n) is 2.66. The van der Waals surface area contributed by atoms with Crippen molar-refractivity contribution in [2.45, 2.75) is 43.7 Å². The third kappa shape index (κ3) is 5.43. The number of rotatable bonds is 5. The summed E-state index contributed by atoms with van der Waals surface area (Å²) in [5.41, 5.74) is 0. The smallest absolute Gasteiger partial charge is 0.0318 e. The van der Waals surface area contributed by atoms with Crippen molar-refractivity contribution in [1.82, 2.24) is 0 Å². The van der Waals surface area contributed by atoms with Gasteiger partial charge in [-0.05, 0) is 26.0 Å². The molecule has 0 spiro atoms. The lowest BCUT2D eigenvalue weighted by Gasteiger charge is -2.13. The van der Waals surface area contributed by atoms with Crippen LogP contribution in [0.15, 0.2) is 0 Å². The van der Waals surface area contributed by atoms with E-state index in [1.165, 1.54) is 12.8 Å². The van der Waals surface area contributed by atoms with Gasteiger partial charge in [0.05, 0.1) is 0 Å². The van der Waals surface area contributed by atoms with Crippen LogP contribution in [-0.4, -0.2) is 16.9 Å². The molecule has 0 radical (unpaired) electrons. The maximum Gasteiger partial charge on any atom is 0.0318 e. The van der Waals surface area contributed by atoms with Crippen molar-refractivity contribution in [2.24, 2.45) is 0 Å². The fraction of sp³-hybridized carbons (Fsp3) is 1.00. The third-order valence-corrected chi connectivity index (χ3v) is 2.80. The molecular formula is C8H17ClS. The summed E-state index contributed by atoms with van der Waals surface area (Å²) in [5.74, 6) is 0. The second-order valence-corrected chi connectivity index (χ2v) is 4.55. The topological polar surface area (TPSA) is 0 Å². The van der Waals surface area contributed by atoms with Gasteiger partial charge in [-0.25, -0.2) is 0 Å². The maximum atomic E-state index is 5.87. The van der Waals surface area contributed by atoms with E-state index in [1.807, 2.05) is 11.8 Å². The van der Waals surface area contributed by atoms with Gasteiger partial charge in [0.1, 0.15) is 0 Å². The summed E-state index contributed by atoms with van der Waals surface area (Å²) in [6.07, 6.45) is 5.89. The van der Waals surface area contributed by atoms with Crippen molar-refractivity contribution >= 4 is 23.4 Å². The van der Waals surface area contributed by atoms with Crippen LogP contribution in [0.25, 0.3) is 0 Å². The zero-order valence-electron chi connectivity index (χ0n) is 7.06. The van der Waals surface area contributed by atoms with Gasteiger partial charge < -0.3 is 0 Å². The number of hydrogen-bond donors (Lipinski definition) is 0. The van der Waals surface area contributed by atoms with Gasteiger partial charge in [0.2, 0.25) is 0 Å². The minimum atomic E-state index is 0.337. The summed E-state index contributed by atoms with van der Waals surface area (Å²) in [6.45, 7) is 4.29. The summed E-state index contributed by atoms with van der Waals surface area (Å²) in [6, 6.07) is 0. The molecule has 0 saturated carbocycles. The Bertz CT molecular complexity index is 73.7. The maximum absolute atomic E-state index is 5.87. The van der Waals surface area contributed by atoms with Gasteiger partial charge in [-0.15, -0.1) is 11.6 Å². The molecule has 10 heavy (non-hydrogen) atoms. The van der Waals surface area contributed by atoms with Crippen LogP contribution in [0.5, 0.6) is 0 Å². The first kappa shape index (κ1) is 10.6. The molecule has 62 valence electrons. The van der Waals surface area contributed by atoms with Crippen molar-refractivity contribution in [2.75, 3.05) is 6.26 Å². The first-order chi connectivity index (χ1) is 4.70. The lowest BCUT2D eigenvalue weighted by molar-refractivity contribution is 0.678. The Morgan fingerprint density at radius 2 is 2.10 bits per heavy atom. The molecule has 0 rings (SSSR count). The third-order valence-electron chi connectivity index (χ3n) is 1.53. The quantitative estimate of drug-likeness (QED) is 0.584. The zero-order valence-corrected chi connectivity index (χ0v) is 8.63. The van der Waals surface area contributed by atoms with Gasteiger partial charge in [-0.2, -0.15) is 11.8 Å². The fourth-order valence-corrected chi connectivity index (χ4v) is 2.29. The molecule has 0 nitrogen and oxygen atoms in total. The van der Waals surface area contributed by atoms with Gasteiger partial charge >= 0.3 is 0 Å². The van der Waals surface area contributed by atoms with Crippen LogP contribution in [0.3, 0.4) is 0 Å². The highest BCUT2D eigenvalue weighted by Crippen LogP contribution is 2.20. The monoisotopic (exact) mass is 180 g/mol. The molecule has 0 aliphatic rings. The average Bonchev–Trinajstić information content (AvgIpc) is 1.86. The molecule has 0 heterocycles. The fourth-order valence-electron chi connectivity index (χ4n) is 1.02. The van der Waals surface area contributed by atoms with Crippen molar-refractivity contribution in [3.63, 3.8) is 0 Å². The number of alkyl halides is 1. The minimum absolute atomic E-state index is 0.337. The molecule has 2 unspecified atom stereocenters. The molecule has 0 saturated heterocycles. The second kappa shape index (κ2) is 6.36. The van der Waals surface area contributed by atoms with Crippen molar-refractivity contribution in [3.05, 3.63) is 0 Å². The summed E-state index contributed by atoms with van der Waals surface area (Å²) in [7, 11) is 0. The highest BCUT2D eigenvalue weighted by molar-refractivity contribution is 7.99. The van der Waals surface area contributed by atoms with Crippen molar-refractivity contribution < 1.29 is 0 Å². The van der Waals surface area contributed by atoms with Crippen LogP contribution in [0.4, 0.5) is 0 Å². The Hall–Kier alpha value is 0.640. The normalized spacial score (nSPS) is 16.8. The molecule has 0 aromatic heterocycles. The van der Waals surface area contributed by atoms with Crippen LogP contribution in [0.1, 0.15) is 33.1 Å². The van der Waals surface area contributed by atoms with Gasteiger partial charge in [0.25, 0.3) is 0 Å². The van der Waals surface area contributed by atoms with Crippen LogP contribution < -0.4 is 0 Å². The zero-order chi connectivity index (χ0) is 7.98. The van der Waals surface area contributed by atoms with Crippen LogP contribution in [0, 0.1) is 0 Å². The van der Waals surface area contributed by atoms with Gasteiger partial charge in [0, 0.05) is 10.6 Å². The lowest BCUT2D eigenvalue weighted by Crippen LogP contribution is -2.07. The highest BCUT2D eigenvalue weighted by Gasteiger charge is 2.08. The molecule has 0 aromatic carbocycles. The predicted molar refractivity (Wildman–Crippen MR) is 52.1 cm³/mol. The summed E-state index contributed by atoms with van der Waals surface area (Å²) < 4.78 is 0. The molecule has 0 amide bonds. The van der Waals surface area contributed by atoms with Crippen molar-refractivity contribution in [1.29, 1.82) is 0 Å². The van der Waals surface area contributed by atoms with Gasteiger partial charge in [-0.3, -0.25) is 0 Å². The van der Waals surface area contributed by atoms with Gasteiger partial charge in [-0.1, -0.05) is 13.3 Å². The molecular weight excluding hydrogens is 164 g/mol. The number of halogens is 1. The summed E-state index contributed by atoms with van der Waals surface area (Å²) in [4.78, 5) is 0. The Morgan fingerprint density at radius 3 is 2.40 bits per heavy atom. The Labute approximate surface area is 73.7 Å². The van der Waals surface area contributed by atoms with Crippen LogP contribution in [-0.2, 0) is 0 Å².